The van der Waals surface area contributed by atoms with E-state index in [1.165, 1.54) is 19.3 Å². The summed E-state index contributed by atoms with van der Waals surface area (Å²) in [6, 6.07) is 0.675. The summed E-state index contributed by atoms with van der Waals surface area (Å²) < 4.78 is 0. The van der Waals surface area contributed by atoms with Crippen LogP contribution in [0.25, 0.3) is 0 Å². The van der Waals surface area contributed by atoms with Gasteiger partial charge in [-0.15, -0.1) is 0 Å². The van der Waals surface area contributed by atoms with E-state index in [1.807, 2.05) is 13.8 Å². The fourth-order valence-electron chi connectivity index (χ4n) is 2.76. The number of aliphatic hydroxyl groups is 1. The highest BCUT2D eigenvalue weighted by Crippen LogP contribution is 2.26. The van der Waals surface area contributed by atoms with Crippen LogP contribution in [0.5, 0.6) is 0 Å². The normalized spacial score (nSPS) is 27.6. The molecular formula is C12H26N2O. The molecule has 0 aliphatic heterocycles. The van der Waals surface area contributed by atoms with Gasteiger partial charge in [0.1, 0.15) is 0 Å². The average molecular weight is 214 g/mol. The number of hydrogen-bond donors (Lipinski definition) is 2. The van der Waals surface area contributed by atoms with Crippen LogP contribution in [0, 0.1) is 5.92 Å². The van der Waals surface area contributed by atoms with Gasteiger partial charge in [-0.3, -0.25) is 0 Å². The van der Waals surface area contributed by atoms with Gasteiger partial charge in [-0.05, 0) is 46.7 Å². The minimum Gasteiger partial charge on any atom is -0.389 e. The Bertz CT molecular complexity index is 189. The maximum Gasteiger partial charge on any atom is 0.0718 e. The first-order chi connectivity index (χ1) is 6.92. The predicted molar refractivity (Wildman–Crippen MR) is 64.0 cm³/mol. The minimum atomic E-state index is -0.581. The topological polar surface area (TPSA) is 35.5 Å². The van der Waals surface area contributed by atoms with E-state index in [0.717, 1.165) is 19.0 Å². The van der Waals surface area contributed by atoms with Gasteiger partial charge in [-0.2, -0.15) is 0 Å². The summed E-state index contributed by atoms with van der Waals surface area (Å²) in [5.41, 5.74) is -0.581. The fraction of sp³-hybridized carbons (Fsp3) is 1.00. The molecular weight excluding hydrogens is 188 g/mol. The Hall–Kier alpha value is -0.120. The smallest absolute Gasteiger partial charge is 0.0718 e. The van der Waals surface area contributed by atoms with Crippen molar-refractivity contribution in [1.82, 2.24) is 10.2 Å². The summed E-state index contributed by atoms with van der Waals surface area (Å²) >= 11 is 0. The summed E-state index contributed by atoms with van der Waals surface area (Å²) in [5.74, 6) is 0.752. The third-order valence-corrected chi connectivity index (χ3v) is 3.23. The van der Waals surface area contributed by atoms with Crippen LogP contribution in [0.1, 0.15) is 33.1 Å². The Morgan fingerprint density at radius 1 is 1.40 bits per heavy atom. The van der Waals surface area contributed by atoms with Gasteiger partial charge in [0.25, 0.3) is 0 Å². The maximum atomic E-state index is 9.73. The molecule has 0 bridgehead atoms. The predicted octanol–water partition coefficient (Wildman–Crippen LogP) is 1.08. The lowest BCUT2D eigenvalue weighted by Gasteiger charge is -2.29. The lowest BCUT2D eigenvalue weighted by atomic mass is 10.0. The highest BCUT2D eigenvalue weighted by molar-refractivity contribution is 4.84. The van der Waals surface area contributed by atoms with E-state index in [1.54, 1.807) is 0 Å². The standard InChI is InChI=1S/C12H26N2O/c1-12(2,15)9-14(4)8-10-6-5-7-11(10)13-3/h10-11,13,15H,5-9H2,1-4H3. The molecule has 3 heteroatoms. The van der Waals surface area contributed by atoms with Crippen LogP contribution in [-0.2, 0) is 0 Å². The molecule has 0 aromatic heterocycles. The maximum absolute atomic E-state index is 9.73. The Morgan fingerprint density at radius 2 is 2.07 bits per heavy atom. The molecule has 0 saturated heterocycles. The van der Waals surface area contributed by atoms with Crippen molar-refractivity contribution in [2.45, 2.75) is 44.8 Å². The second-order valence-electron chi connectivity index (χ2n) is 5.60. The molecule has 1 saturated carbocycles. The van der Waals surface area contributed by atoms with Gasteiger partial charge in [-0.25, -0.2) is 0 Å². The average Bonchev–Trinajstić information content (AvgIpc) is 2.48. The second kappa shape index (κ2) is 5.28. The molecule has 2 N–H and O–H groups in total. The van der Waals surface area contributed by atoms with Gasteiger partial charge in [0.05, 0.1) is 5.60 Å². The van der Waals surface area contributed by atoms with Gasteiger partial charge in [0.2, 0.25) is 0 Å². The first-order valence-electron chi connectivity index (χ1n) is 6.00. The van der Waals surface area contributed by atoms with E-state index in [9.17, 15) is 5.11 Å². The van der Waals surface area contributed by atoms with Gasteiger partial charge in [0.15, 0.2) is 0 Å². The second-order valence-corrected chi connectivity index (χ2v) is 5.60. The molecule has 1 fully saturated rings. The SMILES string of the molecule is CNC1CCCC1CN(C)CC(C)(C)O. The van der Waals surface area contributed by atoms with Crippen molar-refractivity contribution in [3.8, 4) is 0 Å². The quantitative estimate of drug-likeness (QED) is 0.719. The number of nitrogens with zero attached hydrogens (tertiary/aromatic N) is 1. The molecule has 2 unspecified atom stereocenters. The van der Waals surface area contributed by atoms with Crippen LogP contribution in [0.2, 0.25) is 0 Å². The first-order valence-corrected chi connectivity index (χ1v) is 6.00. The third kappa shape index (κ3) is 4.49. The molecule has 90 valence electrons. The Balaban J connectivity index is 2.34. The zero-order valence-electron chi connectivity index (χ0n) is 10.6. The van der Waals surface area contributed by atoms with Crippen molar-refractivity contribution in [2.75, 3.05) is 27.2 Å². The van der Waals surface area contributed by atoms with Gasteiger partial charge >= 0.3 is 0 Å². The number of hydrogen-bond acceptors (Lipinski definition) is 3. The van der Waals surface area contributed by atoms with E-state index in [0.29, 0.717) is 6.04 Å². The summed E-state index contributed by atoms with van der Waals surface area (Å²) in [6.45, 7) is 5.58. The van der Waals surface area contributed by atoms with Gasteiger partial charge < -0.3 is 15.3 Å². The highest BCUT2D eigenvalue weighted by Gasteiger charge is 2.27. The Labute approximate surface area is 93.9 Å². The van der Waals surface area contributed by atoms with Crippen molar-refractivity contribution >= 4 is 0 Å². The van der Waals surface area contributed by atoms with Crippen LogP contribution in [0.15, 0.2) is 0 Å². The zero-order chi connectivity index (χ0) is 11.5. The largest absolute Gasteiger partial charge is 0.389 e. The molecule has 0 amide bonds. The first kappa shape index (κ1) is 12.9. The van der Waals surface area contributed by atoms with Crippen molar-refractivity contribution in [2.24, 2.45) is 5.92 Å². The monoisotopic (exact) mass is 214 g/mol. The van der Waals surface area contributed by atoms with Crippen LogP contribution < -0.4 is 5.32 Å². The molecule has 0 spiro atoms. The highest BCUT2D eigenvalue weighted by atomic mass is 16.3. The molecule has 0 aromatic rings. The fourth-order valence-corrected chi connectivity index (χ4v) is 2.76. The minimum absolute atomic E-state index is 0.581. The number of likely N-dealkylation sites (N-methyl/N-ethyl adjacent to an activating group) is 1. The van der Waals surface area contributed by atoms with Crippen molar-refractivity contribution in [3.63, 3.8) is 0 Å². The number of nitrogens with one attached hydrogen (secondary N) is 1. The van der Waals surface area contributed by atoms with Crippen molar-refractivity contribution in [1.29, 1.82) is 0 Å². The summed E-state index contributed by atoms with van der Waals surface area (Å²) in [6.07, 6.45) is 3.96. The number of rotatable bonds is 5. The van der Waals surface area contributed by atoms with E-state index in [-0.39, 0.29) is 0 Å². The van der Waals surface area contributed by atoms with E-state index in [4.69, 9.17) is 0 Å². The van der Waals surface area contributed by atoms with E-state index in [2.05, 4.69) is 24.3 Å². The summed E-state index contributed by atoms with van der Waals surface area (Å²) in [7, 11) is 4.15. The zero-order valence-corrected chi connectivity index (χ0v) is 10.6. The molecule has 1 aliphatic carbocycles. The lowest BCUT2D eigenvalue weighted by molar-refractivity contribution is 0.0393. The lowest BCUT2D eigenvalue weighted by Crippen LogP contribution is -2.42. The summed E-state index contributed by atoms with van der Waals surface area (Å²) in [4.78, 5) is 2.25. The van der Waals surface area contributed by atoms with Gasteiger partial charge in [0, 0.05) is 19.1 Å². The van der Waals surface area contributed by atoms with Crippen LogP contribution in [0.3, 0.4) is 0 Å². The van der Waals surface area contributed by atoms with Crippen molar-refractivity contribution in [3.05, 3.63) is 0 Å². The van der Waals surface area contributed by atoms with Crippen molar-refractivity contribution < 1.29 is 5.11 Å². The van der Waals surface area contributed by atoms with Gasteiger partial charge in [-0.1, -0.05) is 6.42 Å². The van der Waals surface area contributed by atoms with Crippen LogP contribution in [-0.4, -0.2) is 48.8 Å². The molecule has 1 aliphatic rings. The Morgan fingerprint density at radius 3 is 2.60 bits per heavy atom. The molecule has 3 nitrogen and oxygen atoms in total. The molecule has 0 heterocycles. The molecule has 2 atom stereocenters. The van der Waals surface area contributed by atoms with E-state index < -0.39 is 5.60 Å². The molecule has 0 radical (unpaired) electrons. The van der Waals surface area contributed by atoms with Crippen LogP contribution >= 0.6 is 0 Å². The summed E-state index contributed by atoms with van der Waals surface area (Å²) in [5, 5.41) is 13.1. The molecule has 15 heavy (non-hydrogen) atoms. The molecule has 1 rings (SSSR count). The van der Waals surface area contributed by atoms with Crippen LogP contribution in [0.4, 0.5) is 0 Å². The third-order valence-electron chi connectivity index (χ3n) is 3.23. The van der Waals surface area contributed by atoms with E-state index >= 15 is 0 Å². The Kier molecular flexibility index (Phi) is 4.56. The molecule has 0 aromatic carbocycles.